The Morgan fingerprint density at radius 1 is 1.21 bits per heavy atom. The summed E-state index contributed by atoms with van der Waals surface area (Å²) < 4.78 is 0. The fourth-order valence-corrected chi connectivity index (χ4v) is 3.16. The van der Waals surface area contributed by atoms with Crippen molar-refractivity contribution in [2.75, 3.05) is 6.54 Å². The maximum absolute atomic E-state index is 11.8. The van der Waals surface area contributed by atoms with E-state index in [1.54, 1.807) is 6.07 Å². The van der Waals surface area contributed by atoms with Crippen LogP contribution >= 0.6 is 34.5 Å². The second-order valence-electron chi connectivity index (χ2n) is 5.13. The van der Waals surface area contributed by atoms with Crippen molar-refractivity contribution in [3.8, 4) is 0 Å². The van der Waals surface area contributed by atoms with E-state index < -0.39 is 5.97 Å². The number of carboxylic acids is 1. The summed E-state index contributed by atoms with van der Waals surface area (Å²) in [5, 5.41) is 14.8. The Bertz CT molecular complexity index is 734. The summed E-state index contributed by atoms with van der Waals surface area (Å²) in [4.78, 5) is 26.5. The number of aromatic nitrogens is 1. The molecule has 128 valence electrons. The minimum Gasteiger partial charge on any atom is -0.476 e. The molecule has 0 saturated carbocycles. The van der Waals surface area contributed by atoms with E-state index in [2.05, 4.69) is 10.3 Å². The van der Waals surface area contributed by atoms with Gasteiger partial charge in [-0.15, -0.1) is 11.3 Å². The number of aromatic carboxylic acids is 1. The molecule has 2 N–H and O–H groups in total. The molecule has 2 aromatic rings. The standard InChI is InChI=1S/C16H16Cl2N2O3S/c17-11-5-4-10(8-12(11)18)2-1-3-14(21)19-7-6-15-20-13(9-24-15)16(22)23/h4-5,8-9H,1-3,6-7H2,(H,19,21)(H,22,23). The van der Waals surface area contributed by atoms with Gasteiger partial charge in [0.2, 0.25) is 5.91 Å². The predicted octanol–water partition coefficient (Wildman–Crippen LogP) is 3.83. The highest BCUT2D eigenvalue weighted by Crippen LogP contribution is 2.23. The Hall–Kier alpha value is -1.63. The first kappa shape index (κ1) is 18.7. The topological polar surface area (TPSA) is 79.3 Å². The Kier molecular flexibility index (Phi) is 7.02. The molecular weight excluding hydrogens is 371 g/mol. The zero-order valence-corrected chi connectivity index (χ0v) is 15.0. The van der Waals surface area contributed by atoms with E-state index in [4.69, 9.17) is 28.3 Å². The monoisotopic (exact) mass is 386 g/mol. The largest absolute Gasteiger partial charge is 0.476 e. The van der Waals surface area contributed by atoms with Crippen LogP contribution in [-0.4, -0.2) is 28.5 Å². The van der Waals surface area contributed by atoms with Crippen LogP contribution < -0.4 is 5.32 Å². The summed E-state index contributed by atoms with van der Waals surface area (Å²) in [5.74, 6) is -1.08. The van der Waals surface area contributed by atoms with E-state index in [-0.39, 0.29) is 11.6 Å². The first-order valence-electron chi connectivity index (χ1n) is 7.34. The van der Waals surface area contributed by atoms with Gasteiger partial charge in [-0.05, 0) is 30.5 Å². The Morgan fingerprint density at radius 2 is 2.00 bits per heavy atom. The van der Waals surface area contributed by atoms with E-state index >= 15 is 0 Å². The number of halogens is 2. The molecule has 0 saturated heterocycles. The lowest BCUT2D eigenvalue weighted by Crippen LogP contribution is -2.25. The summed E-state index contributed by atoms with van der Waals surface area (Å²) >= 11 is 13.1. The van der Waals surface area contributed by atoms with Crippen LogP contribution in [0.25, 0.3) is 0 Å². The second-order valence-corrected chi connectivity index (χ2v) is 6.89. The van der Waals surface area contributed by atoms with Gasteiger partial charge in [0.05, 0.1) is 15.1 Å². The lowest BCUT2D eigenvalue weighted by molar-refractivity contribution is -0.121. The number of nitrogens with one attached hydrogen (secondary N) is 1. The van der Waals surface area contributed by atoms with Gasteiger partial charge >= 0.3 is 5.97 Å². The van der Waals surface area contributed by atoms with Crippen molar-refractivity contribution >= 4 is 46.4 Å². The smallest absolute Gasteiger partial charge is 0.355 e. The van der Waals surface area contributed by atoms with Crippen molar-refractivity contribution in [1.29, 1.82) is 0 Å². The highest BCUT2D eigenvalue weighted by molar-refractivity contribution is 7.09. The van der Waals surface area contributed by atoms with Crippen LogP contribution in [0.1, 0.15) is 33.9 Å². The second kappa shape index (κ2) is 9.01. The molecule has 0 aliphatic rings. The molecule has 1 aromatic carbocycles. The maximum Gasteiger partial charge on any atom is 0.355 e. The van der Waals surface area contributed by atoms with E-state index in [1.165, 1.54) is 16.7 Å². The van der Waals surface area contributed by atoms with Crippen molar-refractivity contribution in [2.24, 2.45) is 0 Å². The molecule has 24 heavy (non-hydrogen) atoms. The van der Waals surface area contributed by atoms with Crippen LogP contribution in [0.5, 0.6) is 0 Å². The van der Waals surface area contributed by atoms with Gasteiger partial charge in [-0.3, -0.25) is 4.79 Å². The fourth-order valence-electron chi connectivity index (χ4n) is 2.07. The van der Waals surface area contributed by atoms with Gasteiger partial charge in [0.15, 0.2) is 5.69 Å². The Morgan fingerprint density at radius 3 is 2.67 bits per heavy atom. The van der Waals surface area contributed by atoms with Crippen LogP contribution in [-0.2, 0) is 17.6 Å². The molecule has 8 heteroatoms. The molecule has 0 unspecified atom stereocenters. The molecule has 0 aliphatic carbocycles. The molecule has 0 radical (unpaired) electrons. The van der Waals surface area contributed by atoms with Gasteiger partial charge in [-0.1, -0.05) is 29.3 Å². The summed E-state index contributed by atoms with van der Waals surface area (Å²) in [5.41, 5.74) is 1.09. The van der Waals surface area contributed by atoms with Crippen molar-refractivity contribution in [2.45, 2.75) is 25.7 Å². The van der Waals surface area contributed by atoms with E-state index in [0.29, 0.717) is 40.9 Å². The van der Waals surface area contributed by atoms with Crippen molar-refractivity contribution in [1.82, 2.24) is 10.3 Å². The zero-order chi connectivity index (χ0) is 17.5. The number of rotatable bonds is 8. The number of aryl methyl sites for hydroxylation is 1. The molecule has 5 nitrogen and oxygen atoms in total. The molecule has 0 spiro atoms. The molecule has 2 rings (SSSR count). The normalized spacial score (nSPS) is 10.6. The van der Waals surface area contributed by atoms with Gasteiger partial charge in [0.25, 0.3) is 0 Å². The van der Waals surface area contributed by atoms with Crippen LogP contribution in [0.4, 0.5) is 0 Å². The minimum atomic E-state index is -1.04. The third-order valence-corrected chi connectivity index (χ3v) is 4.93. The zero-order valence-electron chi connectivity index (χ0n) is 12.7. The Balaban J connectivity index is 1.65. The number of carboxylic acid groups (broad SMARTS) is 1. The summed E-state index contributed by atoms with van der Waals surface area (Å²) in [6.45, 7) is 0.443. The average Bonchev–Trinajstić information content (AvgIpc) is 3.00. The minimum absolute atomic E-state index is 0.0370. The molecule has 0 atom stereocenters. The first-order valence-corrected chi connectivity index (χ1v) is 8.97. The van der Waals surface area contributed by atoms with Crippen molar-refractivity contribution < 1.29 is 14.7 Å². The first-order chi connectivity index (χ1) is 11.5. The summed E-state index contributed by atoms with van der Waals surface area (Å²) in [6, 6.07) is 5.46. The number of thiazole rings is 1. The number of carbonyl (C=O) groups is 2. The molecule has 1 heterocycles. The van der Waals surface area contributed by atoms with Gasteiger partial charge in [0.1, 0.15) is 0 Å². The van der Waals surface area contributed by atoms with Gasteiger partial charge in [-0.25, -0.2) is 9.78 Å². The number of amides is 1. The lowest BCUT2D eigenvalue weighted by atomic mass is 10.1. The van der Waals surface area contributed by atoms with Crippen molar-refractivity contribution in [3.05, 3.63) is 49.9 Å². The van der Waals surface area contributed by atoms with Gasteiger partial charge < -0.3 is 10.4 Å². The number of hydrogen-bond donors (Lipinski definition) is 2. The number of nitrogens with zero attached hydrogens (tertiary/aromatic N) is 1. The molecular formula is C16H16Cl2N2O3S. The Labute approximate surface area is 153 Å². The third-order valence-electron chi connectivity index (χ3n) is 3.29. The van der Waals surface area contributed by atoms with Gasteiger partial charge in [-0.2, -0.15) is 0 Å². The van der Waals surface area contributed by atoms with Crippen LogP contribution in [0.2, 0.25) is 10.0 Å². The highest BCUT2D eigenvalue weighted by atomic mass is 35.5. The van der Waals surface area contributed by atoms with E-state index in [0.717, 1.165) is 12.0 Å². The predicted molar refractivity (Wildman–Crippen MR) is 95.2 cm³/mol. The number of benzene rings is 1. The van der Waals surface area contributed by atoms with Crippen LogP contribution in [0.3, 0.4) is 0 Å². The van der Waals surface area contributed by atoms with E-state index in [1.807, 2.05) is 12.1 Å². The number of hydrogen-bond acceptors (Lipinski definition) is 4. The van der Waals surface area contributed by atoms with E-state index in [9.17, 15) is 9.59 Å². The summed E-state index contributed by atoms with van der Waals surface area (Å²) in [6.07, 6.45) is 2.40. The van der Waals surface area contributed by atoms with Crippen LogP contribution in [0, 0.1) is 0 Å². The SMILES string of the molecule is O=C(CCCc1ccc(Cl)c(Cl)c1)NCCc1nc(C(=O)O)cs1. The highest BCUT2D eigenvalue weighted by Gasteiger charge is 2.09. The van der Waals surface area contributed by atoms with Crippen LogP contribution in [0.15, 0.2) is 23.6 Å². The molecule has 0 fully saturated rings. The third kappa shape index (κ3) is 5.78. The number of carbonyl (C=O) groups excluding carboxylic acids is 1. The average molecular weight is 387 g/mol. The maximum atomic E-state index is 11.8. The molecule has 1 amide bonds. The fraction of sp³-hybridized carbons (Fsp3) is 0.312. The molecule has 0 bridgehead atoms. The molecule has 0 aliphatic heterocycles. The summed E-state index contributed by atoms with van der Waals surface area (Å²) in [7, 11) is 0. The molecule has 1 aromatic heterocycles. The quantitative estimate of drug-likeness (QED) is 0.722. The van der Waals surface area contributed by atoms with Crippen molar-refractivity contribution in [3.63, 3.8) is 0 Å². The van der Waals surface area contributed by atoms with Gasteiger partial charge in [0, 0.05) is 24.8 Å². The lowest BCUT2D eigenvalue weighted by Gasteiger charge is -2.05.